The minimum atomic E-state index is 0.322. The van der Waals surface area contributed by atoms with Crippen LogP contribution in [0.5, 0.6) is 0 Å². The minimum absolute atomic E-state index is 0.322. The summed E-state index contributed by atoms with van der Waals surface area (Å²) in [5.41, 5.74) is 8.66. The number of pyridine rings is 1. The van der Waals surface area contributed by atoms with Crippen molar-refractivity contribution in [1.29, 1.82) is 0 Å². The van der Waals surface area contributed by atoms with E-state index in [1.54, 1.807) is 0 Å². The summed E-state index contributed by atoms with van der Waals surface area (Å²) in [5, 5.41) is 0. The SMILES string of the molecule is CCN(c1cccc(C(N)=S)n1)c1ccccc1C. The van der Waals surface area contributed by atoms with Gasteiger partial charge in [-0.25, -0.2) is 4.98 Å². The first kappa shape index (κ1) is 13.5. The topological polar surface area (TPSA) is 42.1 Å². The maximum atomic E-state index is 5.64. The molecule has 2 rings (SSSR count). The first-order valence-corrected chi connectivity index (χ1v) is 6.64. The summed E-state index contributed by atoms with van der Waals surface area (Å²) in [6.45, 7) is 5.02. The lowest BCUT2D eigenvalue weighted by Gasteiger charge is -2.24. The van der Waals surface area contributed by atoms with Crippen molar-refractivity contribution in [2.24, 2.45) is 5.73 Å². The third-order valence-corrected chi connectivity index (χ3v) is 3.20. The van der Waals surface area contributed by atoms with Crippen LogP contribution in [0.4, 0.5) is 11.5 Å². The summed E-state index contributed by atoms with van der Waals surface area (Å²) in [6, 6.07) is 14.0. The number of rotatable bonds is 4. The smallest absolute Gasteiger partial charge is 0.133 e. The number of aryl methyl sites for hydroxylation is 1. The van der Waals surface area contributed by atoms with Gasteiger partial charge in [0.05, 0.1) is 5.69 Å². The van der Waals surface area contributed by atoms with Crippen LogP contribution in [0.1, 0.15) is 18.2 Å². The van der Waals surface area contributed by atoms with Gasteiger partial charge in [-0.2, -0.15) is 0 Å². The van der Waals surface area contributed by atoms with Crippen molar-refractivity contribution in [3.8, 4) is 0 Å². The van der Waals surface area contributed by atoms with Crippen LogP contribution in [0.3, 0.4) is 0 Å². The molecule has 0 fully saturated rings. The van der Waals surface area contributed by atoms with Crippen LogP contribution in [-0.4, -0.2) is 16.5 Å². The number of nitrogens with zero attached hydrogens (tertiary/aromatic N) is 2. The largest absolute Gasteiger partial charge is 0.388 e. The number of aromatic nitrogens is 1. The second-order valence-electron chi connectivity index (χ2n) is 4.28. The summed E-state index contributed by atoms with van der Waals surface area (Å²) >= 11 is 4.98. The van der Waals surface area contributed by atoms with Crippen LogP contribution in [0, 0.1) is 6.92 Å². The number of hydrogen-bond acceptors (Lipinski definition) is 3. The molecule has 19 heavy (non-hydrogen) atoms. The average Bonchev–Trinajstić information content (AvgIpc) is 2.42. The highest BCUT2D eigenvalue weighted by Crippen LogP contribution is 2.26. The van der Waals surface area contributed by atoms with Gasteiger partial charge in [0.15, 0.2) is 0 Å². The highest BCUT2D eigenvalue weighted by Gasteiger charge is 2.11. The molecule has 0 saturated carbocycles. The lowest BCUT2D eigenvalue weighted by Crippen LogP contribution is -2.20. The number of para-hydroxylation sites is 1. The van der Waals surface area contributed by atoms with E-state index in [0.29, 0.717) is 10.7 Å². The van der Waals surface area contributed by atoms with Gasteiger partial charge in [0, 0.05) is 12.2 Å². The number of thiocarbonyl (C=S) groups is 1. The molecule has 0 saturated heterocycles. The number of benzene rings is 1. The van der Waals surface area contributed by atoms with Crippen LogP contribution >= 0.6 is 12.2 Å². The fraction of sp³-hybridized carbons (Fsp3) is 0.200. The molecule has 4 heteroatoms. The normalized spacial score (nSPS) is 10.2. The van der Waals surface area contributed by atoms with Crippen LogP contribution < -0.4 is 10.6 Å². The van der Waals surface area contributed by atoms with Gasteiger partial charge in [-0.15, -0.1) is 0 Å². The van der Waals surface area contributed by atoms with Gasteiger partial charge >= 0.3 is 0 Å². The van der Waals surface area contributed by atoms with Gasteiger partial charge in [0.25, 0.3) is 0 Å². The highest BCUT2D eigenvalue weighted by atomic mass is 32.1. The van der Waals surface area contributed by atoms with Crippen molar-refractivity contribution in [2.75, 3.05) is 11.4 Å². The second-order valence-corrected chi connectivity index (χ2v) is 4.72. The Bertz CT molecular complexity index is 595. The molecule has 0 amide bonds. The van der Waals surface area contributed by atoms with Gasteiger partial charge in [-0.05, 0) is 37.6 Å². The number of nitrogens with two attached hydrogens (primary N) is 1. The van der Waals surface area contributed by atoms with E-state index in [0.717, 1.165) is 18.1 Å². The highest BCUT2D eigenvalue weighted by molar-refractivity contribution is 7.80. The summed E-state index contributed by atoms with van der Waals surface area (Å²) in [6.07, 6.45) is 0. The van der Waals surface area contributed by atoms with Gasteiger partial charge < -0.3 is 10.6 Å². The van der Waals surface area contributed by atoms with Crippen LogP contribution in [0.2, 0.25) is 0 Å². The van der Waals surface area contributed by atoms with Crippen molar-refractivity contribution >= 4 is 28.7 Å². The van der Waals surface area contributed by atoms with Crippen LogP contribution in [0.15, 0.2) is 42.5 Å². The van der Waals surface area contributed by atoms with Crippen molar-refractivity contribution < 1.29 is 0 Å². The summed E-state index contributed by atoms with van der Waals surface area (Å²) < 4.78 is 0. The zero-order valence-electron chi connectivity index (χ0n) is 11.1. The molecule has 1 aromatic heterocycles. The van der Waals surface area contributed by atoms with Crippen LogP contribution in [-0.2, 0) is 0 Å². The van der Waals surface area contributed by atoms with Crippen LogP contribution in [0.25, 0.3) is 0 Å². The molecule has 0 aliphatic carbocycles. The van der Waals surface area contributed by atoms with E-state index >= 15 is 0 Å². The molecular weight excluding hydrogens is 254 g/mol. The van der Waals surface area contributed by atoms with Gasteiger partial charge in [0.1, 0.15) is 10.8 Å². The van der Waals surface area contributed by atoms with Gasteiger partial charge in [0.2, 0.25) is 0 Å². The number of hydrogen-bond donors (Lipinski definition) is 1. The molecule has 0 spiro atoms. The Labute approximate surface area is 119 Å². The molecule has 2 aromatic rings. The molecule has 0 radical (unpaired) electrons. The van der Waals surface area contributed by atoms with Gasteiger partial charge in [-0.1, -0.05) is 36.5 Å². The molecule has 3 nitrogen and oxygen atoms in total. The van der Waals surface area contributed by atoms with E-state index in [-0.39, 0.29) is 0 Å². The maximum absolute atomic E-state index is 5.64. The van der Waals surface area contributed by atoms with E-state index in [1.165, 1.54) is 5.56 Å². The standard InChI is InChI=1S/C15H17N3S/c1-3-18(13-9-5-4-7-11(13)2)14-10-6-8-12(17-14)15(16)19/h4-10H,3H2,1-2H3,(H2,16,19). The van der Waals surface area contributed by atoms with E-state index in [1.807, 2.05) is 30.3 Å². The lowest BCUT2D eigenvalue weighted by molar-refractivity contribution is 0.981. The molecule has 1 aromatic carbocycles. The summed E-state index contributed by atoms with van der Waals surface area (Å²) in [4.78, 5) is 6.99. The summed E-state index contributed by atoms with van der Waals surface area (Å²) in [5.74, 6) is 0.863. The predicted molar refractivity (Wildman–Crippen MR) is 84.0 cm³/mol. The first-order valence-electron chi connectivity index (χ1n) is 6.23. The monoisotopic (exact) mass is 271 g/mol. The van der Waals surface area contributed by atoms with Crippen molar-refractivity contribution in [3.63, 3.8) is 0 Å². The Balaban J connectivity index is 2.45. The summed E-state index contributed by atoms with van der Waals surface area (Å²) in [7, 11) is 0. The third-order valence-electron chi connectivity index (χ3n) is 2.99. The Morgan fingerprint density at radius 2 is 1.95 bits per heavy atom. The van der Waals surface area contributed by atoms with Crippen molar-refractivity contribution in [2.45, 2.75) is 13.8 Å². The van der Waals surface area contributed by atoms with E-state index < -0.39 is 0 Å². The van der Waals surface area contributed by atoms with Crippen molar-refractivity contribution in [3.05, 3.63) is 53.7 Å². The van der Waals surface area contributed by atoms with E-state index in [2.05, 4.69) is 35.9 Å². The zero-order chi connectivity index (χ0) is 13.8. The molecule has 2 N–H and O–H groups in total. The molecule has 0 aliphatic rings. The zero-order valence-corrected chi connectivity index (χ0v) is 11.9. The van der Waals surface area contributed by atoms with Crippen molar-refractivity contribution in [1.82, 2.24) is 4.98 Å². The molecule has 0 unspecified atom stereocenters. The molecule has 0 aliphatic heterocycles. The molecular formula is C15H17N3S. The lowest BCUT2D eigenvalue weighted by atomic mass is 10.2. The Kier molecular flexibility index (Phi) is 4.12. The second kappa shape index (κ2) is 5.80. The first-order chi connectivity index (χ1) is 9.13. The minimum Gasteiger partial charge on any atom is -0.388 e. The van der Waals surface area contributed by atoms with E-state index in [4.69, 9.17) is 18.0 Å². The van der Waals surface area contributed by atoms with Gasteiger partial charge in [-0.3, -0.25) is 0 Å². The Hall–Kier alpha value is -1.94. The maximum Gasteiger partial charge on any atom is 0.133 e. The predicted octanol–water partition coefficient (Wildman–Crippen LogP) is 3.18. The molecule has 98 valence electrons. The molecule has 0 bridgehead atoms. The third kappa shape index (κ3) is 2.90. The fourth-order valence-corrected chi connectivity index (χ4v) is 2.15. The average molecular weight is 271 g/mol. The Morgan fingerprint density at radius 1 is 1.21 bits per heavy atom. The molecule has 0 atom stereocenters. The fourth-order valence-electron chi connectivity index (χ4n) is 2.03. The molecule has 1 heterocycles. The Morgan fingerprint density at radius 3 is 2.58 bits per heavy atom. The van der Waals surface area contributed by atoms with E-state index in [9.17, 15) is 0 Å². The number of anilines is 2. The quantitative estimate of drug-likeness (QED) is 0.867.